The van der Waals surface area contributed by atoms with Crippen LogP contribution in [0.5, 0.6) is 0 Å². The number of amides is 1. The minimum absolute atomic E-state index is 0.0163. The summed E-state index contributed by atoms with van der Waals surface area (Å²) >= 11 is 0. The van der Waals surface area contributed by atoms with Crippen LogP contribution in [0.25, 0.3) is 0 Å². The Labute approximate surface area is 134 Å². The van der Waals surface area contributed by atoms with Crippen molar-refractivity contribution >= 4 is 15.9 Å². The Balaban J connectivity index is 1.88. The van der Waals surface area contributed by atoms with Crippen LogP contribution in [0, 0.1) is 5.92 Å². The van der Waals surface area contributed by atoms with Gasteiger partial charge >= 0.3 is 0 Å². The van der Waals surface area contributed by atoms with Crippen LogP contribution in [0.4, 0.5) is 0 Å². The van der Waals surface area contributed by atoms with Crippen molar-refractivity contribution in [3.63, 3.8) is 0 Å². The van der Waals surface area contributed by atoms with Crippen molar-refractivity contribution in [2.75, 3.05) is 25.9 Å². The molecule has 1 aliphatic carbocycles. The third-order valence-electron chi connectivity index (χ3n) is 5.16. The van der Waals surface area contributed by atoms with Crippen LogP contribution >= 0.6 is 0 Å². The van der Waals surface area contributed by atoms with E-state index in [2.05, 4.69) is 0 Å². The summed E-state index contributed by atoms with van der Waals surface area (Å²) < 4.78 is 25.3. The maximum atomic E-state index is 12.6. The summed E-state index contributed by atoms with van der Waals surface area (Å²) in [5.74, 6) is 0.412. The van der Waals surface area contributed by atoms with Gasteiger partial charge in [-0.3, -0.25) is 4.79 Å². The third kappa shape index (κ3) is 4.00. The Kier molecular flexibility index (Phi) is 5.85. The van der Waals surface area contributed by atoms with Gasteiger partial charge in [-0.2, -0.15) is 0 Å². The van der Waals surface area contributed by atoms with Gasteiger partial charge in [0, 0.05) is 38.1 Å². The van der Waals surface area contributed by atoms with Crippen molar-refractivity contribution in [1.82, 2.24) is 9.21 Å². The number of nitrogens with zero attached hydrogens (tertiary/aromatic N) is 2. The Morgan fingerprint density at radius 2 is 1.86 bits per heavy atom. The number of hydrogen-bond acceptors (Lipinski definition) is 4. The molecule has 7 heteroatoms. The third-order valence-corrected chi connectivity index (χ3v) is 7.06. The van der Waals surface area contributed by atoms with Gasteiger partial charge in [-0.05, 0) is 39.0 Å². The topological polar surface area (TPSA) is 83.7 Å². The molecule has 2 atom stereocenters. The second kappa shape index (κ2) is 7.27. The van der Waals surface area contributed by atoms with Crippen molar-refractivity contribution in [3.05, 3.63) is 0 Å². The molecule has 1 heterocycles. The normalized spacial score (nSPS) is 28.1. The lowest BCUT2D eigenvalue weighted by Gasteiger charge is -2.38. The maximum absolute atomic E-state index is 12.6. The summed E-state index contributed by atoms with van der Waals surface area (Å²) in [5.41, 5.74) is 5.97. The Hall–Kier alpha value is -0.660. The van der Waals surface area contributed by atoms with Gasteiger partial charge in [0.15, 0.2) is 0 Å². The van der Waals surface area contributed by atoms with E-state index in [1.807, 2.05) is 4.90 Å². The SMILES string of the molecule is CCS(=O)(=O)N(C)C1CCN(C(=O)C2CCCC(N)C2)CC1. The predicted molar refractivity (Wildman–Crippen MR) is 86.8 cm³/mol. The first-order valence-corrected chi connectivity index (χ1v) is 9.96. The summed E-state index contributed by atoms with van der Waals surface area (Å²) in [5, 5.41) is 0. The molecule has 2 rings (SSSR count). The first-order valence-electron chi connectivity index (χ1n) is 8.35. The molecule has 6 nitrogen and oxygen atoms in total. The van der Waals surface area contributed by atoms with E-state index in [4.69, 9.17) is 5.73 Å². The molecule has 0 aromatic rings. The number of hydrogen-bond donors (Lipinski definition) is 1. The van der Waals surface area contributed by atoms with Gasteiger partial charge in [0.1, 0.15) is 0 Å². The fourth-order valence-corrected chi connectivity index (χ4v) is 4.66. The number of rotatable bonds is 4. The fraction of sp³-hybridized carbons (Fsp3) is 0.933. The molecule has 2 N–H and O–H groups in total. The highest BCUT2D eigenvalue weighted by Crippen LogP contribution is 2.27. The minimum atomic E-state index is -3.15. The number of carbonyl (C=O) groups excluding carboxylic acids is 1. The minimum Gasteiger partial charge on any atom is -0.342 e. The van der Waals surface area contributed by atoms with Gasteiger partial charge in [0.25, 0.3) is 0 Å². The van der Waals surface area contributed by atoms with Crippen molar-refractivity contribution in [3.8, 4) is 0 Å². The number of likely N-dealkylation sites (tertiary alicyclic amines) is 1. The molecule has 1 saturated carbocycles. The summed E-state index contributed by atoms with van der Waals surface area (Å²) in [4.78, 5) is 14.5. The zero-order valence-corrected chi connectivity index (χ0v) is 14.5. The highest BCUT2D eigenvalue weighted by Gasteiger charge is 2.33. The lowest BCUT2D eigenvalue weighted by atomic mass is 9.85. The van der Waals surface area contributed by atoms with Crippen LogP contribution < -0.4 is 5.73 Å². The van der Waals surface area contributed by atoms with E-state index in [9.17, 15) is 13.2 Å². The highest BCUT2D eigenvalue weighted by molar-refractivity contribution is 7.89. The number of carbonyl (C=O) groups is 1. The van der Waals surface area contributed by atoms with E-state index in [1.165, 1.54) is 4.31 Å². The monoisotopic (exact) mass is 331 g/mol. The first kappa shape index (κ1) is 17.7. The predicted octanol–water partition coefficient (Wildman–Crippen LogP) is 0.776. The van der Waals surface area contributed by atoms with Gasteiger partial charge in [0.2, 0.25) is 15.9 Å². The largest absolute Gasteiger partial charge is 0.342 e. The number of sulfonamides is 1. The lowest BCUT2D eigenvalue weighted by Crippen LogP contribution is -2.49. The van der Waals surface area contributed by atoms with Crippen LogP contribution in [0.1, 0.15) is 45.4 Å². The zero-order valence-electron chi connectivity index (χ0n) is 13.7. The molecule has 0 bridgehead atoms. The van der Waals surface area contributed by atoms with Crippen LogP contribution in [0.2, 0.25) is 0 Å². The van der Waals surface area contributed by atoms with E-state index in [-0.39, 0.29) is 29.7 Å². The van der Waals surface area contributed by atoms with Crippen LogP contribution in [-0.4, -0.2) is 61.5 Å². The van der Waals surface area contributed by atoms with E-state index in [0.29, 0.717) is 13.1 Å². The molecule has 1 amide bonds. The standard InChI is InChI=1S/C15H29N3O3S/c1-3-22(20,21)17(2)14-7-9-18(10-8-14)15(19)12-5-4-6-13(16)11-12/h12-14H,3-11,16H2,1-2H3. The van der Waals surface area contributed by atoms with Crippen molar-refractivity contribution in [2.45, 2.75) is 57.5 Å². The lowest BCUT2D eigenvalue weighted by molar-refractivity contribution is -0.138. The Bertz CT molecular complexity index is 486. The van der Waals surface area contributed by atoms with Crippen LogP contribution in [-0.2, 0) is 14.8 Å². The number of piperidine rings is 1. The maximum Gasteiger partial charge on any atom is 0.225 e. The average molecular weight is 331 g/mol. The van der Waals surface area contributed by atoms with E-state index in [0.717, 1.165) is 38.5 Å². The van der Waals surface area contributed by atoms with E-state index >= 15 is 0 Å². The van der Waals surface area contributed by atoms with Crippen LogP contribution in [0.15, 0.2) is 0 Å². The average Bonchev–Trinajstić information content (AvgIpc) is 2.53. The smallest absolute Gasteiger partial charge is 0.225 e. The summed E-state index contributed by atoms with van der Waals surface area (Å²) in [6.45, 7) is 2.97. The van der Waals surface area contributed by atoms with Crippen molar-refractivity contribution < 1.29 is 13.2 Å². The molecule has 128 valence electrons. The van der Waals surface area contributed by atoms with Gasteiger partial charge in [0.05, 0.1) is 5.75 Å². The summed E-state index contributed by atoms with van der Waals surface area (Å²) in [6, 6.07) is 0.170. The molecule has 0 aromatic carbocycles. The molecular formula is C15H29N3O3S. The molecule has 2 fully saturated rings. The van der Waals surface area contributed by atoms with E-state index in [1.54, 1.807) is 14.0 Å². The van der Waals surface area contributed by atoms with Crippen molar-refractivity contribution in [2.24, 2.45) is 11.7 Å². The second-order valence-electron chi connectivity index (χ2n) is 6.60. The molecule has 22 heavy (non-hydrogen) atoms. The molecule has 1 saturated heterocycles. The second-order valence-corrected chi connectivity index (χ2v) is 8.91. The Morgan fingerprint density at radius 3 is 2.41 bits per heavy atom. The molecule has 2 aliphatic rings. The zero-order chi connectivity index (χ0) is 16.3. The van der Waals surface area contributed by atoms with Gasteiger partial charge in [-0.25, -0.2) is 12.7 Å². The quantitative estimate of drug-likeness (QED) is 0.825. The van der Waals surface area contributed by atoms with Crippen molar-refractivity contribution in [1.29, 1.82) is 0 Å². The molecule has 0 radical (unpaired) electrons. The highest BCUT2D eigenvalue weighted by atomic mass is 32.2. The molecular weight excluding hydrogens is 302 g/mol. The molecule has 0 aromatic heterocycles. The number of nitrogens with two attached hydrogens (primary N) is 1. The fourth-order valence-electron chi connectivity index (χ4n) is 3.59. The molecule has 1 aliphatic heterocycles. The molecule has 2 unspecified atom stereocenters. The van der Waals surface area contributed by atoms with Gasteiger partial charge < -0.3 is 10.6 Å². The van der Waals surface area contributed by atoms with Crippen LogP contribution in [0.3, 0.4) is 0 Å². The first-order chi connectivity index (χ1) is 10.3. The van der Waals surface area contributed by atoms with E-state index < -0.39 is 10.0 Å². The molecule has 0 spiro atoms. The summed E-state index contributed by atoms with van der Waals surface area (Å²) in [6.07, 6.45) is 5.23. The summed E-state index contributed by atoms with van der Waals surface area (Å²) in [7, 11) is -1.50. The van der Waals surface area contributed by atoms with Gasteiger partial charge in [-0.15, -0.1) is 0 Å². The van der Waals surface area contributed by atoms with Gasteiger partial charge in [-0.1, -0.05) is 6.42 Å². The Morgan fingerprint density at radius 1 is 1.23 bits per heavy atom.